The number of anilines is 1. The standard InChI is InChI=1S/C14H12F3N3S/c1-8(13-7-21-9(2)20-13)19-12-4-3-11(14(15,16)17)5-10(12)6-18/h3-5,7-8,19H,1-2H3. The van der Waals surface area contributed by atoms with Gasteiger partial charge in [-0.1, -0.05) is 0 Å². The molecule has 1 atom stereocenters. The first-order valence-corrected chi connectivity index (χ1v) is 6.99. The number of alkyl halides is 3. The molecule has 0 saturated heterocycles. The van der Waals surface area contributed by atoms with E-state index in [4.69, 9.17) is 5.26 Å². The molecule has 21 heavy (non-hydrogen) atoms. The number of rotatable bonds is 3. The number of aryl methyl sites for hydroxylation is 1. The summed E-state index contributed by atoms with van der Waals surface area (Å²) >= 11 is 1.49. The van der Waals surface area contributed by atoms with E-state index in [9.17, 15) is 13.2 Å². The van der Waals surface area contributed by atoms with E-state index < -0.39 is 11.7 Å². The van der Waals surface area contributed by atoms with E-state index in [0.29, 0.717) is 5.69 Å². The summed E-state index contributed by atoms with van der Waals surface area (Å²) in [6.45, 7) is 3.72. The molecule has 1 aromatic carbocycles. The second-order valence-electron chi connectivity index (χ2n) is 4.53. The molecule has 1 heterocycles. The number of aromatic nitrogens is 1. The van der Waals surface area contributed by atoms with Crippen LogP contribution < -0.4 is 5.32 Å². The van der Waals surface area contributed by atoms with Gasteiger partial charge < -0.3 is 5.32 Å². The third-order valence-corrected chi connectivity index (χ3v) is 3.71. The average Bonchev–Trinajstić information content (AvgIpc) is 2.84. The Bertz CT molecular complexity index is 686. The van der Waals surface area contributed by atoms with Crippen LogP contribution in [-0.4, -0.2) is 4.98 Å². The lowest BCUT2D eigenvalue weighted by molar-refractivity contribution is -0.137. The van der Waals surface area contributed by atoms with Gasteiger partial charge in [0.1, 0.15) is 6.07 Å². The SMILES string of the molecule is Cc1nc(C(C)Nc2ccc(C(F)(F)F)cc2C#N)cs1. The van der Waals surface area contributed by atoms with Gasteiger partial charge in [0.2, 0.25) is 0 Å². The normalized spacial score (nSPS) is 12.8. The van der Waals surface area contributed by atoms with Crippen LogP contribution in [0.4, 0.5) is 18.9 Å². The van der Waals surface area contributed by atoms with Crippen LogP contribution >= 0.6 is 11.3 Å². The lowest BCUT2D eigenvalue weighted by Crippen LogP contribution is -2.10. The zero-order valence-corrected chi connectivity index (χ0v) is 12.1. The molecule has 0 aliphatic carbocycles. The summed E-state index contributed by atoms with van der Waals surface area (Å²) in [5.41, 5.74) is 0.287. The maximum Gasteiger partial charge on any atom is 0.416 e. The van der Waals surface area contributed by atoms with Crippen molar-refractivity contribution in [3.63, 3.8) is 0 Å². The minimum absolute atomic E-state index is 0.0383. The Hall–Kier alpha value is -2.07. The van der Waals surface area contributed by atoms with E-state index in [0.717, 1.165) is 22.8 Å². The molecule has 0 aliphatic rings. The molecule has 0 saturated carbocycles. The fraction of sp³-hybridized carbons (Fsp3) is 0.286. The van der Waals surface area contributed by atoms with Crippen LogP contribution in [-0.2, 0) is 6.18 Å². The first-order valence-electron chi connectivity index (χ1n) is 6.11. The van der Waals surface area contributed by atoms with Gasteiger partial charge in [-0.3, -0.25) is 0 Å². The lowest BCUT2D eigenvalue weighted by Gasteiger charge is -2.15. The summed E-state index contributed by atoms with van der Waals surface area (Å²) in [5.74, 6) is 0. The van der Waals surface area contributed by atoms with Crippen molar-refractivity contribution in [2.75, 3.05) is 5.32 Å². The van der Waals surface area contributed by atoms with Gasteiger partial charge in [0.15, 0.2) is 0 Å². The molecular weight excluding hydrogens is 299 g/mol. The van der Waals surface area contributed by atoms with Gasteiger partial charge >= 0.3 is 6.18 Å². The Balaban J connectivity index is 2.26. The van der Waals surface area contributed by atoms with Crippen molar-refractivity contribution < 1.29 is 13.2 Å². The molecule has 2 rings (SSSR count). The van der Waals surface area contributed by atoms with Crippen molar-refractivity contribution in [1.82, 2.24) is 4.98 Å². The molecule has 1 unspecified atom stereocenters. The van der Waals surface area contributed by atoms with Gasteiger partial charge in [-0.2, -0.15) is 18.4 Å². The van der Waals surface area contributed by atoms with Gasteiger partial charge in [-0.15, -0.1) is 11.3 Å². The number of halogens is 3. The molecule has 0 fully saturated rings. The second-order valence-corrected chi connectivity index (χ2v) is 5.59. The van der Waals surface area contributed by atoms with Gasteiger partial charge in [-0.05, 0) is 32.0 Å². The zero-order valence-electron chi connectivity index (χ0n) is 11.3. The van der Waals surface area contributed by atoms with Crippen molar-refractivity contribution in [3.8, 4) is 6.07 Å². The van der Waals surface area contributed by atoms with Gasteiger partial charge in [0.25, 0.3) is 0 Å². The average molecular weight is 311 g/mol. The van der Waals surface area contributed by atoms with Crippen LogP contribution in [0.5, 0.6) is 0 Å². The van der Waals surface area contributed by atoms with E-state index in [-0.39, 0.29) is 11.6 Å². The topological polar surface area (TPSA) is 48.7 Å². The Morgan fingerprint density at radius 3 is 2.62 bits per heavy atom. The van der Waals surface area contributed by atoms with E-state index in [1.165, 1.54) is 17.4 Å². The van der Waals surface area contributed by atoms with Crippen molar-refractivity contribution >= 4 is 17.0 Å². The number of hydrogen-bond acceptors (Lipinski definition) is 4. The van der Waals surface area contributed by atoms with Crippen LogP contribution in [0.2, 0.25) is 0 Å². The third-order valence-electron chi connectivity index (χ3n) is 2.92. The maximum absolute atomic E-state index is 12.6. The van der Waals surface area contributed by atoms with Crippen LogP contribution in [0, 0.1) is 18.3 Å². The number of nitrogens with one attached hydrogen (secondary N) is 1. The summed E-state index contributed by atoms with van der Waals surface area (Å²) in [5, 5.41) is 14.8. The largest absolute Gasteiger partial charge is 0.416 e. The number of thiazole rings is 1. The first kappa shape index (κ1) is 15.3. The van der Waals surface area contributed by atoms with Crippen molar-refractivity contribution in [3.05, 3.63) is 45.4 Å². The van der Waals surface area contributed by atoms with Crippen LogP contribution in [0.3, 0.4) is 0 Å². The molecule has 0 aliphatic heterocycles. The predicted octanol–water partition coefficient (Wildman–Crippen LogP) is 4.52. The molecule has 3 nitrogen and oxygen atoms in total. The highest BCUT2D eigenvalue weighted by atomic mass is 32.1. The highest BCUT2D eigenvalue weighted by Gasteiger charge is 2.31. The number of hydrogen-bond donors (Lipinski definition) is 1. The van der Waals surface area contributed by atoms with E-state index in [1.54, 1.807) is 6.07 Å². The van der Waals surface area contributed by atoms with E-state index in [2.05, 4.69) is 10.3 Å². The molecule has 0 spiro atoms. The third kappa shape index (κ3) is 3.52. The van der Waals surface area contributed by atoms with Crippen LogP contribution in [0.15, 0.2) is 23.6 Å². The Kier molecular flexibility index (Phi) is 4.19. The number of nitriles is 1. The Morgan fingerprint density at radius 2 is 2.10 bits per heavy atom. The molecule has 110 valence electrons. The van der Waals surface area contributed by atoms with Crippen LogP contribution in [0.25, 0.3) is 0 Å². The second kappa shape index (κ2) is 5.74. The summed E-state index contributed by atoms with van der Waals surface area (Å²) < 4.78 is 37.9. The quantitative estimate of drug-likeness (QED) is 0.907. The summed E-state index contributed by atoms with van der Waals surface area (Å²) in [7, 11) is 0. The maximum atomic E-state index is 12.6. The molecule has 0 radical (unpaired) electrons. The van der Waals surface area contributed by atoms with Gasteiger partial charge in [0.05, 0.1) is 33.6 Å². The monoisotopic (exact) mass is 311 g/mol. The number of benzene rings is 1. The van der Waals surface area contributed by atoms with Crippen LogP contribution in [0.1, 0.15) is 34.8 Å². The lowest BCUT2D eigenvalue weighted by atomic mass is 10.1. The van der Waals surface area contributed by atoms with Crippen molar-refractivity contribution in [1.29, 1.82) is 5.26 Å². The van der Waals surface area contributed by atoms with Crippen molar-refractivity contribution in [2.24, 2.45) is 0 Å². The summed E-state index contributed by atoms with van der Waals surface area (Å²) in [6.07, 6.45) is -4.46. The fourth-order valence-corrected chi connectivity index (χ4v) is 2.53. The number of nitrogens with zero attached hydrogens (tertiary/aromatic N) is 2. The summed E-state index contributed by atoms with van der Waals surface area (Å²) in [4.78, 5) is 4.31. The molecule has 0 bridgehead atoms. The molecule has 0 amide bonds. The first-order chi connectivity index (χ1) is 9.81. The Labute approximate surface area is 124 Å². The smallest absolute Gasteiger partial charge is 0.376 e. The van der Waals surface area contributed by atoms with Crippen molar-refractivity contribution in [2.45, 2.75) is 26.1 Å². The van der Waals surface area contributed by atoms with Gasteiger partial charge in [-0.25, -0.2) is 4.98 Å². The molecule has 2 aromatic rings. The van der Waals surface area contributed by atoms with E-state index >= 15 is 0 Å². The predicted molar refractivity (Wildman–Crippen MR) is 75.0 cm³/mol. The summed E-state index contributed by atoms with van der Waals surface area (Å²) in [6, 6.07) is 4.68. The molecule has 1 aromatic heterocycles. The Morgan fingerprint density at radius 1 is 1.38 bits per heavy atom. The zero-order chi connectivity index (χ0) is 15.6. The fourth-order valence-electron chi connectivity index (χ4n) is 1.83. The highest BCUT2D eigenvalue weighted by Crippen LogP contribution is 2.32. The minimum atomic E-state index is -4.46. The molecule has 1 N–H and O–H groups in total. The van der Waals surface area contributed by atoms with Gasteiger partial charge in [0, 0.05) is 5.38 Å². The van der Waals surface area contributed by atoms with E-state index in [1.807, 2.05) is 19.2 Å². The molecular formula is C14H12F3N3S. The highest BCUT2D eigenvalue weighted by molar-refractivity contribution is 7.09. The minimum Gasteiger partial charge on any atom is -0.376 e. The molecule has 7 heteroatoms.